The number of benzene rings is 1. The molecule has 21 heavy (non-hydrogen) atoms. The summed E-state index contributed by atoms with van der Waals surface area (Å²) in [7, 11) is 1.60. The van der Waals surface area contributed by atoms with Gasteiger partial charge in [0.2, 0.25) is 5.91 Å². The molecule has 7 heteroatoms. The molecule has 2 rings (SSSR count). The number of carbonyl (C=O) groups excluding carboxylic acids is 1. The molecule has 0 aliphatic rings. The Labute approximate surface area is 128 Å². The van der Waals surface area contributed by atoms with Crippen LogP contribution in [0.4, 0.5) is 0 Å². The molecule has 0 aliphatic carbocycles. The van der Waals surface area contributed by atoms with Gasteiger partial charge in [0.1, 0.15) is 11.4 Å². The van der Waals surface area contributed by atoms with E-state index in [0.29, 0.717) is 17.4 Å². The quantitative estimate of drug-likeness (QED) is 0.654. The molecule has 114 valence electrons. The third kappa shape index (κ3) is 3.77. The molecule has 1 aromatic carbocycles. The number of aromatic nitrogens is 1. The van der Waals surface area contributed by atoms with Crippen LogP contribution in [0.25, 0.3) is 10.9 Å². The summed E-state index contributed by atoms with van der Waals surface area (Å²) in [4.78, 5) is 11.9. The monoisotopic (exact) mass is 328 g/mol. The normalized spacial score (nSPS) is 11.7. The fraction of sp³-hybridized carbons (Fsp3) is 0.357. The van der Waals surface area contributed by atoms with Gasteiger partial charge in [0.05, 0.1) is 0 Å². The van der Waals surface area contributed by atoms with Gasteiger partial charge in [-0.25, -0.2) is 8.42 Å². The van der Waals surface area contributed by atoms with Gasteiger partial charge in [-0.15, -0.1) is 0 Å². The van der Waals surface area contributed by atoms with Gasteiger partial charge in [0.15, 0.2) is 0 Å². The number of hydrogen-bond acceptors (Lipinski definition) is 3. The van der Waals surface area contributed by atoms with Crippen molar-refractivity contribution >= 4 is 36.5 Å². The van der Waals surface area contributed by atoms with Crippen molar-refractivity contribution in [1.82, 2.24) is 9.88 Å². The van der Waals surface area contributed by atoms with Crippen molar-refractivity contribution in [2.75, 3.05) is 6.54 Å². The molecule has 1 aromatic heterocycles. The predicted molar refractivity (Wildman–Crippen MR) is 82.9 cm³/mol. The van der Waals surface area contributed by atoms with E-state index in [9.17, 15) is 13.2 Å². The highest BCUT2D eigenvalue weighted by atomic mass is 35.7. The maximum absolute atomic E-state index is 11.9. The highest BCUT2D eigenvalue weighted by molar-refractivity contribution is 8.14. The molecular weight excluding hydrogens is 312 g/mol. The first kappa shape index (κ1) is 15.9. The molecule has 0 radical (unpaired) electrons. The van der Waals surface area contributed by atoms with Crippen LogP contribution in [0.5, 0.6) is 0 Å². The summed E-state index contributed by atoms with van der Waals surface area (Å²) < 4.78 is 24.8. The maximum atomic E-state index is 11.9. The summed E-state index contributed by atoms with van der Waals surface area (Å²) in [6, 6.07) is 6.97. The van der Waals surface area contributed by atoms with Gasteiger partial charge < -0.3 is 9.88 Å². The molecular formula is C14H17ClN2O3S. The first-order chi connectivity index (χ1) is 9.93. The Balaban J connectivity index is 2.30. The van der Waals surface area contributed by atoms with E-state index in [4.69, 9.17) is 10.7 Å². The molecule has 1 heterocycles. The number of halogens is 1. The summed E-state index contributed by atoms with van der Waals surface area (Å²) >= 11 is 0. The molecule has 0 atom stereocenters. The van der Waals surface area contributed by atoms with Crippen LogP contribution >= 0.6 is 10.7 Å². The third-order valence-electron chi connectivity index (χ3n) is 3.18. The molecule has 0 fully saturated rings. The Bertz CT molecular complexity index is 753. The molecule has 0 bridgehead atoms. The van der Waals surface area contributed by atoms with Crippen LogP contribution in [-0.4, -0.2) is 25.4 Å². The Morgan fingerprint density at radius 3 is 2.71 bits per heavy atom. The fourth-order valence-electron chi connectivity index (χ4n) is 2.15. The van der Waals surface area contributed by atoms with Gasteiger partial charge in [-0.2, -0.15) is 0 Å². The Kier molecular flexibility index (Phi) is 4.90. The lowest BCUT2D eigenvalue weighted by atomic mass is 10.2. The van der Waals surface area contributed by atoms with Crippen molar-refractivity contribution in [2.45, 2.75) is 31.2 Å². The van der Waals surface area contributed by atoms with Crippen LogP contribution in [0.3, 0.4) is 0 Å². The third-order valence-corrected chi connectivity index (χ3v) is 4.53. The number of nitrogens with one attached hydrogen (secondary N) is 1. The Morgan fingerprint density at radius 2 is 2.05 bits per heavy atom. The summed E-state index contributed by atoms with van der Waals surface area (Å²) in [6.07, 6.45) is 3.33. The lowest BCUT2D eigenvalue weighted by Gasteiger charge is -2.06. The molecule has 1 amide bonds. The SMILES string of the molecule is CCCCNC(=O)Cn1cc(S(=O)(=O)Cl)c2ccccc21. The lowest BCUT2D eigenvalue weighted by Crippen LogP contribution is -2.28. The van der Waals surface area contributed by atoms with Gasteiger partial charge in [0.25, 0.3) is 9.05 Å². The second-order valence-corrected chi connectivity index (χ2v) is 7.31. The zero-order chi connectivity index (χ0) is 15.5. The number of fused-ring (bicyclic) bond motifs is 1. The average molecular weight is 329 g/mol. The summed E-state index contributed by atoms with van der Waals surface area (Å²) in [6.45, 7) is 2.73. The average Bonchev–Trinajstić information content (AvgIpc) is 2.78. The molecule has 1 N–H and O–H groups in total. The van der Waals surface area contributed by atoms with Crippen molar-refractivity contribution < 1.29 is 13.2 Å². The first-order valence-corrected chi connectivity index (χ1v) is 9.03. The second kappa shape index (κ2) is 6.49. The van der Waals surface area contributed by atoms with Gasteiger partial charge >= 0.3 is 0 Å². The number of amides is 1. The van der Waals surface area contributed by atoms with E-state index in [1.165, 1.54) is 6.20 Å². The number of rotatable bonds is 6. The first-order valence-electron chi connectivity index (χ1n) is 6.72. The van der Waals surface area contributed by atoms with E-state index in [0.717, 1.165) is 12.8 Å². The van der Waals surface area contributed by atoms with Crippen LogP contribution in [-0.2, 0) is 20.4 Å². The molecule has 2 aromatic rings. The summed E-state index contributed by atoms with van der Waals surface area (Å²) in [5, 5.41) is 3.32. The highest BCUT2D eigenvalue weighted by Gasteiger charge is 2.19. The molecule has 0 aliphatic heterocycles. The molecule has 5 nitrogen and oxygen atoms in total. The number of unbranched alkanes of at least 4 members (excludes halogenated alkanes) is 1. The van der Waals surface area contributed by atoms with E-state index >= 15 is 0 Å². The van der Waals surface area contributed by atoms with Crippen LogP contribution in [0.1, 0.15) is 19.8 Å². The largest absolute Gasteiger partial charge is 0.355 e. The van der Waals surface area contributed by atoms with Gasteiger partial charge in [0, 0.05) is 34.3 Å². The maximum Gasteiger partial charge on any atom is 0.263 e. The zero-order valence-electron chi connectivity index (χ0n) is 11.7. The van der Waals surface area contributed by atoms with Crippen molar-refractivity contribution in [3.8, 4) is 0 Å². The highest BCUT2D eigenvalue weighted by Crippen LogP contribution is 2.27. The standard InChI is InChI=1S/C14H17ClN2O3S/c1-2-3-8-16-14(18)10-17-9-13(21(15,19)20)11-6-4-5-7-12(11)17/h4-7,9H,2-3,8,10H2,1H3,(H,16,18). The minimum atomic E-state index is -3.85. The van der Waals surface area contributed by atoms with E-state index < -0.39 is 9.05 Å². The number of nitrogens with zero attached hydrogens (tertiary/aromatic N) is 1. The lowest BCUT2D eigenvalue weighted by molar-refractivity contribution is -0.121. The van der Waals surface area contributed by atoms with E-state index in [1.807, 2.05) is 6.92 Å². The Hall–Kier alpha value is -1.53. The molecule has 0 unspecified atom stereocenters. The van der Waals surface area contributed by atoms with Gasteiger partial charge in [-0.3, -0.25) is 4.79 Å². The van der Waals surface area contributed by atoms with Gasteiger partial charge in [-0.1, -0.05) is 31.5 Å². The van der Waals surface area contributed by atoms with Crippen LogP contribution in [0, 0.1) is 0 Å². The van der Waals surface area contributed by atoms with Crippen molar-refractivity contribution in [1.29, 1.82) is 0 Å². The van der Waals surface area contributed by atoms with Crippen molar-refractivity contribution in [3.05, 3.63) is 30.5 Å². The van der Waals surface area contributed by atoms with Crippen molar-refractivity contribution in [3.63, 3.8) is 0 Å². The number of hydrogen-bond donors (Lipinski definition) is 1. The minimum Gasteiger partial charge on any atom is -0.355 e. The Morgan fingerprint density at radius 1 is 1.33 bits per heavy atom. The minimum absolute atomic E-state index is 0.0288. The summed E-state index contributed by atoms with van der Waals surface area (Å²) in [5.41, 5.74) is 0.669. The summed E-state index contributed by atoms with van der Waals surface area (Å²) in [5.74, 6) is -0.150. The van der Waals surface area contributed by atoms with Crippen molar-refractivity contribution in [2.24, 2.45) is 0 Å². The topological polar surface area (TPSA) is 68.2 Å². The predicted octanol–water partition coefficient (Wildman–Crippen LogP) is 2.49. The molecule has 0 spiro atoms. The van der Waals surface area contributed by atoms with E-state index in [-0.39, 0.29) is 17.3 Å². The number of carbonyl (C=O) groups is 1. The number of para-hydroxylation sites is 1. The fourth-order valence-corrected chi connectivity index (χ4v) is 3.21. The van der Waals surface area contributed by atoms with Crippen LogP contribution in [0.2, 0.25) is 0 Å². The van der Waals surface area contributed by atoms with E-state index in [2.05, 4.69) is 5.32 Å². The van der Waals surface area contributed by atoms with Gasteiger partial charge in [-0.05, 0) is 12.5 Å². The molecule has 0 saturated heterocycles. The smallest absolute Gasteiger partial charge is 0.263 e. The second-order valence-electron chi connectivity index (χ2n) is 4.78. The van der Waals surface area contributed by atoms with Crippen LogP contribution in [0.15, 0.2) is 35.4 Å². The van der Waals surface area contributed by atoms with Crippen LogP contribution < -0.4 is 5.32 Å². The zero-order valence-corrected chi connectivity index (χ0v) is 13.2. The van der Waals surface area contributed by atoms with E-state index in [1.54, 1.807) is 28.8 Å². The molecule has 0 saturated carbocycles.